The number of rotatable bonds is 11. The van der Waals surface area contributed by atoms with Crippen LogP contribution in [0.1, 0.15) is 35.0 Å². The average Bonchev–Trinajstić information content (AvgIpc) is 2.53. The summed E-state index contributed by atoms with van der Waals surface area (Å²) in [5.74, 6) is -3.93. The molecule has 27 heavy (non-hydrogen) atoms. The number of esters is 3. The van der Waals surface area contributed by atoms with E-state index >= 15 is 0 Å². The van der Waals surface area contributed by atoms with Crippen LogP contribution < -0.4 is 29.6 Å². The maximum atomic E-state index is 12.4. The molecule has 0 saturated heterocycles. The van der Waals surface area contributed by atoms with Crippen molar-refractivity contribution < 1.29 is 72.5 Å². The molecule has 0 aliphatic heterocycles. The van der Waals surface area contributed by atoms with Gasteiger partial charge in [-0.25, -0.2) is 9.59 Å². The molecule has 0 aromatic carbocycles. The Kier molecular flexibility index (Phi) is 12.8. The minimum absolute atomic E-state index is 0. The fourth-order valence-electron chi connectivity index (χ4n) is 1.82. The molecule has 11 heteroatoms. The summed E-state index contributed by atoms with van der Waals surface area (Å²) >= 11 is 0. The van der Waals surface area contributed by atoms with Gasteiger partial charge in [0.05, 0.1) is 0 Å². The molecule has 0 atom stereocenters. The Labute approximate surface area is 182 Å². The second-order valence-corrected chi connectivity index (χ2v) is 7.27. The summed E-state index contributed by atoms with van der Waals surface area (Å²) in [4.78, 5) is 35.7. The Balaban J connectivity index is -0.00000312. The van der Waals surface area contributed by atoms with E-state index < -0.39 is 52.6 Å². The van der Waals surface area contributed by atoms with Gasteiger partial charge in [0.15, 0.2) is 0 Å². The van der Waals surface area contributed by atoms with Crippen molar-refractivity contribution in [2.24, 2.45) is 5.41 Å². The molecule has 0 spiro atoms. The topological polar surface area (TPSA) is 133 Å². The van der Waals surface area contributed by atoms with Gasteiger partial charge in [0.25, 0.3) is 0 Å². The summed E-state index contributed by atoms with van der Waals surface area (Å²) in [7, 11) is -4.57. The molecule has 1 N–H and O–H groups in total. The van der Waals surface area contributed by atoms with E-state index in [9.17, 15) is 22.8 Å². The minimum atomic E-state index is -4.57. The van der Waals surface area contributed by atoms with Gasteiger partial charge in [0, 0.05) is 11.1 Å². The van der Waals surface area contributed by atoms with Crippen molar-refractivity contribution >= 4 is 28.0 Å². The van der Waals surface area contributed by atoms with E-state index in [0.717, 1.165) is 0 Å². The largest absolute Gasteiger partial charge is 1.00 e. The average molecular weight is 416 g/mol. The number of hydrogen-bond donors (Lipinski definition) is 1. The Morgan fingerprint density at radius 3 is 1.70 bits per heavy atom. The summed E-state index contributed by atoms with van der Waals surface area (Å²) in [5, 5.41) is 0. The van der Waals surface area contributed by atoms with Crippen molar-refractivity contribution in [2.45, 2.75) is 33.6 Å². The van der Waals surface area contributed by atoms with E-state index in [1.807, 2.05) is 0 Å². The van der Waals surface area contributed by atoms with Gasteiger partial charge in [-0.05, 0) is 20.3 Å². The summed E-state index contributed by atoms with van der Waals surface area (Å²) in [5.41, 5.74) is -1.48. The predicted molar refractivity (Wildman–Crippen MR) is 92.5 cm³/mol. The first-order valence-corrected chi connectivity index (χ1v) is 9.23. The number of ether oxygens (including phenoxy) is 3. The van der Waals surface area contributed by atoms with Gasteiger partial charge in [-0.1, -0.05) is 26.5 Å². The molecule has 0 unspecified atom stereocenters. The number of carbonyl (C=O) groups is 3. The van der Waals surface area contributed by atoms with Crippen molar-refractivity contribution in [2.75, 3.05) is 19.2 Å². The van der Waals surface area contributed by atoms with Crippen molar-refractivity contribution in [1.82, 2.24) is 0 Å². The predicted octanol–water partition coefficient (Wildman–Crippen LogP) is -1.48. The Morgan fingerprint density at radius 2 is 1.41 bits per heavy atom. The summed E-state index contributed by atoms with van der Waals surface area (Å²) < 4.78 is 45.0. The van der Waals surface area contributed by atoms with E-state index in [-0.39, 0.29) is 48.6 Å². The van der Waals surface area contributed by atoms with Gasteiger partial charge in [0.2, 0.25) is 5.94 Å². The standard InChI is InChI=1S/C16H24O9S.Na.H/c1-6-7-16(8-23-13(17)11(2)3,9-24-14(18)12(4)5)15(19)25-10-26(20,21)22;;/h2,4,6-10H2,1,3,5H3,(H,20,21,22);;/q;+1;-1. The van der Waals surface area contributed by atoms with E-state index in [1.54, 1.807) is 6.92 Å². The smallest absolute Gasteiger partial charge is 1.00 e. The van der Waals surface area contributed by atoms with E-state index in [1.165, 1.54) is 13.8 Å². The molecule has 9 nitrogen and oxygen atoms in total. The van der Waals surface area contributed by atoms with Gasteiger partial charge in [-0.3, -0.25) is 9.35 Å². The van der Waals surface area contributed by atoms with Crippen molar-refractivity contribution in [3.8, 4) is 0 Å². The Hall–Kier alpha value is -1.20. The first-order chi connectivity index (χ1) is 11.8. The van der Waals surface area contributed by atoms with Crippen LogP contribution in [0.15, 0.2) is 24.3 Å². The molecule has 0 aliphatic rings. The Bertz CT molecular complexity index is 658. The minimum Gasteiger partial charge on any atom is -1.00 e. The van der Waals surface area contributed by atoms with Crippen LogP contribution >= 0.6 is 0 Å². The maximum Gasteiger partial charge on any atom is 1.00 e. The zero-order valence-electron chi connectivity index (χ0n) is 17.1. The third-order valence-corrected chi connectivity index (χ3v) is 3.57. The van der Waals surface area contributed by atoms with E-state index in [4.69, 9.17) is 14.0 Å². The van der Waals surface area contributed by atoms with Crippen LogP contribution in [0.25, 0.3) is 0 Å². The normalized spacial score (nSPS) is 11.0. The number of hydrogen-bond acceptors (Lipinski definition) is 8. The van der Waals surface area contributed by atoms with Crippen LogP contribution in [0, 0.1) is 5.41 Å². The van der Waals surface area contributed by atoms with Crippen LogP contribution in [-0.2, 0) is 38.7 Å². The number of carbonyl (C=O) groups excluding carboxylic acids is 3. The summed E-state index contributed by atoms with van der Waals surface area (Å²) in [6.07, 6.45) is 0.459. The van der Waals surface area contributed by atoms with Crippen LogP contribution in [0.5, 0.6) is 0 Å². The fourth-order valence-corrected chi connectivity index (χ4v) is 2.08. The molecule has 0 fully saturated rings. The van der Waals surface area contributed by atoms with E-state index in [0.29, 0.717) is 6.42 Å². The first-order valence-electron chi connectivity index (χ1n) is 7.62. The fraction of sp³-hybridized carbons (Fsp3) is 0.562. The molecule has 0 rings (SSSR count). The molecule has 150 valence electrons. The summed E-state index contributed by atoms with van der Waals surface area (Å²) in [6.45, 7) is 10.3. The SMILES string of the molecule is C=C(C)C(=O)OCC(CCC)(COC(=O)C(=C)C)C(=O)OCS(=O)(=O)O.[H-].[Na+]. The zero-order chi connectivity index (χ0) is 20.5. The van der Waals surface area contributed by atoms with Gasteiger partial charge in [0.1, 0.15) is 18.6 Å². The molecule has 0 heterocycles. The molecule has 0 radical (unpaired) electrons. The molecule has 0 aromatic heterocycles. The van der Waals surface area contributed by atoms with Gasteiger partial charge in [-0.15, -0.1) is 0 Å². The maximum absolute atomic E-state index is 12.4. The van der Waals surface area contributed by atoms with Crippen LogP contribution in [0.4, 0.5) is 0 Å². The third kappa shape index (κ3) is 10.6. The molecule has 0 saturated carbocycles. The van der Waals surface area contributed by atoms with Crippen LogP contribution in [-0.4, -0.2) is 50.0 Å². The molecule has 0 aromatic rings. The summed E-state index contributed by atoms with van der Waals surface area (Å²) in [6, 6.07) is 0. The second-order valence-electron chi connectivity index (χ2n) is 5.87. The zero-order valence-corrected chi connectivity index (χ0v) is 18.9. The monoisotopic (exact) mass is 416 g/mol. The van der Waals surface area contributed by atoms with Crippen LogP contribution in [0.3, 0.4) is 0 Å². The molecule has 0 bridgehead atoms. The molecular weight excluding hydrogens is 391 g/mol. The molecule has 0 aliphatic carbocycles. The quantitative estimate of drug-likeness (QED) is 0.141. The second kappa shape index (κ2) is 12.3. The van der Waals surface area contributed by atoms with Crippen molar-refractivity contribution in [1.29, 1.82) is 0 Å². The van der Waals surface area contributed by atoms with Gasteiger partial charge < -0.3 is 15.6 Å². The molecule has 0 amide bonds. The van der Waals surface area contributed by atoms with Gasteiger partial charge >= 0.3 is 57.6 Å². The third-order valence-electron chi connectivity index (χ3n) is 3.16. The van der Waals surface area contributed by atoms with E-state index in [2.05, 4.69) is 17.9 Å². The van der Waals surface area contributed by atoms with Crippen molar-refractivity contribution in [3.05, 3.63) is 24.3 Å². The van der Waals surface area contributed by atoms with Gasteiger partial charge in [-0.2, -0.15) is 8.42 Å². The van der Waals surface area contributed by atoms with Crippen molar-refractivity contribution in [3.63, 3.8) is 0 Å². The molecular formula is C16H25NaO9S. The van der Waals surface area contributed by atoms with Crippen LogP contribution in [0.2, 0.25) is 0 Å². The Morgan fingerprint density at radius 1 is 1.00 bits per heavy atom. The first kappa shape index (κ1) is 28.0.